The summed E-state index contributed by atoms with van der Waals surface area (Å²) in [4.78, 5) is 12.5. The molecular formula is C15H18ClN3O. The molecule has 0 amide bonds. The van der Waals surface area contributed by atoms with Gasteiger partial charge in [-0.3, -0.25) is 9.48 Å². The third-order valence-corrected chi connectivity index (χ3v) is 3.37. The Labute approximate surface area is 123 Å². The molecule has 5 heteroatoms. The Bertz CT molecular complexity index is 590. The van der Waals surface area contributed by atoms with Crippen LogP contribution in [0.1, 0.15) is 35.0 Å². The number of hydrogen-bond donors (Lipinski definition) is 1. The number of hydrogen-bond acceptors (Lipinski definition) is 3. The molecular weight excluding hydrogens is 274 g/mol. The van der Waals surface area contributed by atoms with Gasteiger partial charge in [-0.2, -0.15) is 5.10 Å². The minimum atomic E-state index is -0.0970. The molecule has 1 aromatic carbocycles. The first-order valence-corrected chi connectivity index (χ1v) is 7.10. The minimum absolute atomic E-state index is 0.0970. The first-order chi connectivity index (χ1) is 9.67. The molecule has 0 aliphatic carbocycles. The summed E-state index contributed by atoms with van der Waals surface area (Å²) in [5, 5.41) is 4.54. The van der Waals surface area contributed by atoms with E-state index in [9.17, 15) is 4.79 Å². The van der Waals surface area contributed by atoms with Crippen molar-refractivity contribution in [3.63, 3.8) is 0 Å². The van der Waals surface area contributed by atoms with Crippen molar-refractivity contribution >= 4 is 17.4 Å². The summed E-state index contributed by atoms with van der Waals surface area (Å²) in [6.45, 7) is 3.31. The molecule has 2 aromatic rings. The number of aryl methyl sites for hydroxylation is 1. The van der Waals surface area contributed by atoms with Crippen LogP contribution in [0.3, 0.4) is 0 Å². The van der Waals surface area contributed by atoms with Crippen molar-refractivity contribution in [2.45, 2.75) is 26.3 Å². The third kappa shape index (κ3) is 3.08. The van der Waals surface area contributed by atoms with Crippen LogP contribution in [0, 0.1) is 0 Å². The van der Waals surface area contributed by atoms with E-state index in [2.05, 4.69) is 5.10 Å². The van der Waals surface area contributed by atoms with E-state index in [-0.39, 0.29) is 5.78 Å². The van der Waals surface area contributed by atoms with E-state index in [4.69, 9.17) is 17.3 Å². The third-order valence-electron chi connectivity index (χ3n) is 3.09. The lowest BCUT2D eigenvalue weighted by Crippen LogP contribution is -2.12. The van der Waals surface area contributed by atoms with Gasteiger partial charge in [0.25, 0.3) is 0 Å². The number of rotatable bonds is 6. The molecule has 4 nitrogen and oxygen atoms in total. The Morgan fingerprint density at radius 1 is 1.35 bits per heavy atom. The van der Waals surface area contributed by atoms with E-state index in [0.717, 1.165) is 18.4 Å². The highest BCUT2D eigenvalue weighted by atomic mass is 35.5. The van der Waals surface area contributed by atoms with Crippen LogP contribution in [0.4, 0.5) is 0 Å². The first kappa shape index (κ1) is 14.8. The number of carbonyl (C=O) groups is 1. The maximum absolute atomic E-state index is 12.5. The van der Waals surface area contributed by atoms with E-state index in [1.54, 1.807) is 4.68 Å². The number of ketones is 1. The van der Waals surface area contributed by atoms with Crippen LogP contribution in [-0.2, 0) is 13.0 Å². The second kappa shape index (κ2) is 6.68. The Balaban J connectivity index is 2.28. The molecule has 1 aromatic heterocycles. The summed E-state index contributed by atoms with van der Waals surface area (Å²) >= 11 is 6.09. The second-order valence-corrected chi connectivity index (χ2v) is 5.04. The van der Waals surface area contributed by atoms with Gasteiger partial charge >= 0.3 is 0 Å². The van der Waals surface area contributed by atoms with Crippen LogP contribution in [-0.4, -0.2) is 22.1 Å². The van der Waals surface area contributed by atoms with Gasteiger partial charge in [-0.15, -0.1) is 0 Å². The lowest BCUT2D eigenvalue weighted by Gasteiger charge is -2.07. The molecule has 0 saturated carbocycles. The smallest absolute Gasteiger partial charge is 0.212 e. The normalized spacial score (nSPS) is 10.8. The highest BCUT2D eigenvalue weighted by molar-refractivity contribution is 6.34. The van der Waals surface area contributed by atoms with E-state index in [1.807, 2.05) is 31.2 Å². The van der Waals surface area contributed by atoms with Crippen LogP contribution >= 0.6 is 11.6 Å². The highest BCUT2D eigenvalue weighted by Gasteiger charge is 2.18. The van der Waals surface area contributed by atoms with Crippen LogP contribution in [0.5, 0.6) is 0 Å². The van der Waals surface area contributed by atoms with Gasteiger partial charge in [0.05, 0.1) is 11.2 Å². The number of aromatic nitrogens is 2. The maximum Gasteiger partial charge on any atom is 0.212 e. The van der Waals surface area contributed by atoms with Crippen LogP contribution in [0.25, 0.3) is 0 Å². The lowest BCUT2D eigenvalue weighted by molar-refractivity contribution is 0.102. The topological polar surface area (TPSA) is 60.9 Å². The zero-order chi connectivity index (χ0) is 14.5. The van der Waals surface area contributed by atoms with E-state index < -0.39 is 0 Å². The summed E-state index contributed by atoms with van der Waals surface area (Å²) in [6.07, 6.45) is 3.23. The SMILES string of the molecule is CCCn1ncc(Cl)c1C(=O)c1ccc(CCN)cc1. The fourth-order valence-corrected chi connectivity index (χ4v) is 2.32. The molecule has 0 spiro atoms. The van der Waals surface area contributed by atoms with E-state index >= 15 is 0 Å². The summed E-state index contributed by atoms with van der Waals surface area (Å²) < 4.78 is 1.67. The Morgan fingerprint density at radius 2 is 2.05 bits per heavy atom. The number of benzene rings is 1. The lowest BCUT2D eigenvalue weighted by atomic mass is 10.0. The Kier molecular flexibility index (Phi) is 4.93. The molecule has 0 atom stereocenters. The van der Waals surface area contributed by atoms with Crippen molar-refractivity contribution in [3.05, 3.63) is 52.3 Å². The van der Waals surface area contributed by atoms with Crippen molar-refractivity contribution in [2.75, 3.05) is 6.54 Å². The Hall–Kier alpha value is -1.65. The highest BCUT2D eigenvalue weighted by Crippen LogP contribution is 2.20. The van der Waals surface area contributed by atoms with Gasteiger partial charge in [-0.1, -0.05) is 42.8 Å². The van der Waals surface area contributed by atoms with E-state index in [0.29, 0.717) is 29.4 Å². The molecule has 1 heterocycles. The zero-order valence-corrected chi connectivity index (χ0v) is 12.2. The molecule has 0 bridgehead atoms. The molecule has 0 fully saturated rings. The standard InChI is InChI=1S/C15H18ClN3O/c1-2-9-19-14(13(16)10-18-19)15(20)12-5-3-11(4-6-12)7-8-17/h3-6,10H,2,7-9,17H2,1H3. The molecule has 2 N–H and O–H groups in total. The van der Waals surface area contributed by atoms with Gasteiger partial charge in [0.2, 0.25) is 5.78 Å². The first-order valence-electron chi connectivity index (χ1n) is 6.72. The van der Waals surface area contributed by atoms with Crippen molar-refractivity contribution in [3.8, 4) is 0 Å². The monoisotopic (exact) mass is 291 g/mol. The largest absolute Gasteiger partial charge is 0.330 e. The van der Waals surface area contributed by atoms with Crippen LogP contribution in [0.15, 0.2) is 30.5 Å². The molecule has 0 radical (unpaired) electrons. The van der Waals surface area contributed by atoms with Gasteiger partial charge in [-0.05, 0) is 24.9 Å². The summed E-state index contributed by atoms with van der Waals surface area (Å²) in [5.74, 6) is -0.0970. The molecule has 2 rings (SSSR count). The van der Waals surface area contributed by atoms with Gasteiger partial charge in [0, 0.05) is 12.1 Å². The van der Waals surface area contributed by atoms with Crippen molar-refractivity contribution < 1.29 is 4.79 Å². The fourth-order valence-electron chi connectivity index (χ4n) is 2.10. The van der Waals surface area contributed by atoms with E-state index in [1.165, 1.54) is 6.20 Å². The van der Waals surface area contributed by atoms with Crippen molar-refractivity contribution in [1.29, 1.82) is 0 Å². The number of nitrogens with zero attached hydrogens (tertiary/aromatic N) is 2. The minimum Gasteiger partial charge on any atom is -0.330 e. The summed E-state index contributed by atoms with van der Waals surface area (Å²) in [5.41, 5.74) is 7.71. The van der Waals surface area contributed by atoms with Gasteiger partial charge in [-0.25, -0.2) is 0 Å². The number of nitrogens with two attached hydrogens (primary N) is 1. The number of carbonyl (C=O) groups excluding carboxylic acids is 1. The fraction of sp³-hybridized carbons (Fsp3) is 0.333. The van der Waals surface area contributed by atoms with Gasteiger partial charge in [0.1, 0.15) is 5.69 Å². The predicted octanol–water partition coefficient (Wildman–Crippen LogP) is 2.68. The predicted molar refractivity (Wildman–Crippen MR) is 80.2 cm³/mol. The van der Waals surface area contributed by atoms with Crippen LogP contribution < -0.4 is 5.73 Å². The average molecular weight is 292 g/mol. The number of halogens is 1. The molecule has 0 unspecified atom stereocenters. The molecule has 20 heavy (non-hydrogen) atoms. The summed E-state index contributed by atoms with van der Waals surface area (Å²) in [6, 6.07) is 7.48. The molecule has 0 aliphatic heterocycles. The summed E-state index contributed by atoms with van der Waals surface area (Å²) in [7, 11) is 0. The molecule has 0 aliphatic rings. The van der Waals surface area contributed by atoms with Crippen LogP contribution in [0.2, 0.25) is 5.02 Å². The second-order valence-electron chi connectivity index (χ2n) is 4.63. The quantitative estimate of drug-likeness (QED) is 0.832. The van der Waals surface area contributed by atoms with Gasteiger partial charge in [0.15, 0.2) is 0 Å². The van der Waals surface area contributed by atoms with Crippen molar-refractivity contribution in [1.82, 2.24) is 9.78 Å². The molecule has 0 saturated heterocycles. The maximum atomic E-state index is 12.5. The molecule has 106 valence electrons. The van der Waals surface area contributed by atoms with Crippen molar-refractivity contribution in [2.24, 2.45) is 5.73 Å². The zero-order valence-electron chi connectivity index (χ0n) is 11.5. The average Bonchev–Trinajstić information content (AvgIpc) is 2.81. The van der Waals surface area contributed by atoms with Gasteiger partial charge < -0.3 is 5.73 Å². The Morgan fingerprint density at radius 3 is 2.65 bits per heavy atom.